The van der Waals surface area contributed by atoms with Crippen molar-refractivity contribution in [2.24, 2.45) is 7.05 Å². The zero-order valence-corrected chi connectivity index (χ0v) is 17.2. The molecule has 0 radical (unpaired) electrons. The molecule has 1 aromatic heterocycles. The summed E-state index contributed by atoms with van der Waals surface area (Å²) in [5.74, 6) is 0.371. The average Bonchev–Trinajstić information content (AvgIpc) is 3.40. The molecular weight excluding hydrogens is 394 g/mol. The number of non-ortho nitro benzene ring substituents is 1. The van der Waals surface area contributed by atoms with Gasteiger partial charge < -0.3 is 4.90 Å². The Balaban J connectivity index is 1.63. The average molecular weight is 420 g/mol. The lowest BCUT2D eigenvalue weighted by atomic mass is 9.93. The second-order valence-electron chi connectivity index (χ2n) is 7.66. The molecule has 0 unspecified atom stereocenters. The summed E-state index contributed by atoms with van der Waals surface area (Å²) in [5.41, 5.74) is 1.54. The van der Waals surface area contributed by atoms with Crippen LogP contribution in [0.3, 0.4) is 0 Å². The van der Waals surface area contributed by atoms with Gasteiger partial charge in [-0.25, -0.2) is 8.42 Å². The number of anilines is 1. The van der Waals surface area contributed by atoms with Crippen LogP contribution >= 0.6 is 0 Å². The number of aryl methyl sites for hydroxylation is 1. The van der Waals surface area contributed by atoms with Crippen molar-refractivity contribution in [3.05, 3.63) is 46.3 Å². The number of nitrogens with zero attached hydrogens (tertiary/aromatic N) is 5. The molecule has 2 aromatic rings. The number of aromatic nitrogens is 2. The fourth-order valence-electron chi connectivity index (χ4n) is 4.35. The van der Waals surface area contributed by atoms with Crippen LogP contribution in [0.1, 0.15) is 37.3 Å². The van der Waals surface area contributed by atoms with E-state index in [2.05, 4.69) is 5.10 Å². The van der Waals surface area contributed by atoms with Crippen molar-refractivity contribution in [2.75, 3.05) is 31.1 Å². The van der Waals surface area contributed by atoms with Gasteiger partial charge in [0.1, 0.15) is 4.90 Å². The fraction of sp³-hybridized carbons (Fsp3) is 0.526. The fourth-order valence-corrected chi connectivity index (χ4v) is 6.10. The highest BCUT2D eigenvalue weighted by Crippen LogP contribution is 2.36. The van der Waals surface area contributed by atoms with Crippen LogP contribution in [0.4, 0.5) is 11.4 Å². The second-order valence-corrected chi connectivity index (χ2v) is 9.57. The minimum absolute atomic E-state index is 0.0487. The van der Waals surface area contributed by atoms with Gasteiger partial charge in [0.25, 0.3) is 5.69 Å². The molecule has 2 saturated heterocycles. The lowest BCUT2D eigenvalue weighted by Gasteiger charge is -2.35. The third kappa shape index (κ3) is 3.74. The summed E-state index contributed by atoms with van der Waals surface area (Å²) >= 11 is 0. The molecule has 1 aromatic carbocycles. The van der Waals surface area contributed by atoms with Crippen LogP contribution in [0.25, 0.3) is 0 Å². The molecule has 0 aliphatic carbocycles. The number of hydrogen-bond donors (Lipinski definition) is 0. The van der Waals surface area contributed by atoms with Gasteiger partial charge in [0.15, 0.2) is 0 Å². The van der Waals surface area contributed by atoms with E-state index in [1.165, 1.54) is 22.1 Å². The molecule has 0 atom stereocenters. The first kappa shape index (κ1) is 19.8. The Bertz CT molecular complexity index is 1010. The summed E-state index contributed by atoms with van der Waals surface area (Å²) in [7, 11) is -1.84. The molecule has 0 amide bonds. The van der Waals surface area contributed by atoms with Gasteiger partial charge in [0, 0.05) is 63.2 Å². The molecule has 10 heteroatoms. The molecule has 2 aliphatic rings. The highest BCUT2D eigenvalue weighted by Gasteiger charge is 2.33. The first-order chi connectivity index (χ1) is 13.9. The normalized spacial score (nSPS) is 19.0. The maximum absolute atomic E-state index is 13.2. The molecule has 0 bridgehead atoms. The van der Waals surface area contributed by atoms with E-state index >= 15 is 0 Å². The number of nitro groups is 1. The monoisotopic (exact) mass is 419 g/mol. The van der Waals surface area contributed by atoms with Crippen molar-refractivity contribution in [1.82, 2.24) is 14.1 Å². The van der Waals surface area contributed by atoms with Gasteiger partial charge in [0.2, 0.25) is 10.0 Å². The van der Waals surface area contributed by atoms with Gasteiger partial charge in [-0.1, -0.05) is 0 Å². The van der Waals surface area contributed by atoms with E-state index in [1.807, 2.05) is 22.7 Å². The van der Waals surface area contributed by atoms with Crippen molar-refractivity contribution in [3.8, 4) is 0 Å². The molecule has 4 rings (SSSR count). The van der Waals surface area contributed by atoms with E-state index in [0.29, 0.717) is 37.8 Å². The zero-order chi connectivity index (χ0) is 20.6. The Morgan fingerprint density at radius 1 is 1.10 bits per heavy atom. The summed E-state index contributed by atoms with van der Waals surface area (Å²) in [6.45, 7) is 2.31. The summed E-state index contributed by atoms with van der Waals surface area (Å²) < 4.78 is 29.8. The number of nitro benzene ring substituents is 1. The Kier molecular flexibility index (Phi) is 5.30. The van der Waals surface area contributed by atoms with E-state index in [9.17, 15) is 18.5 Å². The minimum atomic E-state index is -3.77. The Labute approximate surface area is 170 Å². The van der Waals surface area contributed by atoms with Gasteiger partial charge in [-0.2, -0.15) is 9.40 Å². The number of sulfonamides is 1. The standard InChI is InChI=1S/C19H25N5O4S/c1-21-17(6-9-20-21)15-7-12-22(13-8-15)18-5-4-16(24(25)26)14-19(18)29(27,28)23-10-2-3-11-23/h4-6,9,14-15H,2-3,7-8,10-13H2,1H3. The van der Waals surface area contributed by atoms with Crippen LogP contribution in [0.5, 0.6) is 0 Å². The maximum atomic E-state index is 13.2. The third-order valence-corrected chi connectivity index (χ3v) is 7.88. The highest BCUT2D eigenvalue weighted by molar-refractivity contribution is 7.89. The number of rotatable bonds is 5. The van der Waals surface area contributed by atoms with Crippen molar-refractivity contribution in [2.45, 2.75) is 36.5 Å². The highest BCUT2D eigenvalue weighted by atomic mass is 32.2. The van der Waals surface area contributed by atoms with Crippen molar-refractivity contribution in [3.63, 3.8) is 0 Å². The molecule has 29 heavy (non-hydrogen) atoms. The Morgan fingerprint density at radius 3 is 2.38 bits per heavy atom. The van der Waals surface area contributed by atoms with Gasteiger partial charge in [-0.3, -0.25) is 14.8 Å². The summed E-state index contributed by atoms with van der Waals surface area (Å²) in [5, 5.41) is 15.5. The van der Waals surface area contributed by atoms with Gasteiger partial charge in [0.05, 0.1) is 10.6 Å². The van der Waals surface area contributed by atoms with Crippen LogP contribution in [0, 0.1) is 10.1 Å². The SMILES string of the molecule is Cn1nccc1C1CCN(c2ccc([N+](=O)[O-])cc2S(=O)(=O)N2CCCC2)CC1. The van der Waals surface area contributed by atoms with E-state index in [4.69, 9.17) is 0 Å². The molecule has 156 valence electrons. The maximum Gasteiger partial charge on any atom is 0.270 e. The van der Waals surface area contributed by atoms with Crippen LogP contribution in [0.15, 0.2) is 35.4 Å². The molecule has 9 nitrogen and oxygen atoms in total. The topological polar surface area (TPSA) is 102 Å². The summed E-state index contributed by atoms with van der Waals surface area (Å²) in [6.07, 6.45) is 5.18. The number of hydrogen-bond acceptors (Lipinski definition) is 6. The molecule has 0 saturated carbocycles. The molecule has 2 aliphatic heterocycles. The van der Waals surface area contributed by atoms with Crippen molar-refractivity contribution < 1.29 is 13.3 Å². The first-order valence-electron chi connectivity index (χ1n) is 9.89. The van der Waals surface area contributed by atoms with E-state index in [-0.39, 0.29) is 10.6 Å². The first-order valence-corrected chi connectivity index (χ1v) is 11.3. The lowest BCUT2D eigenvalue weighted by Crippen LogP contribution is -2.36. The van der Waals surface area contributed by atoms with Crippen LogP contribution in [-0.2, 0) is 17.1 Å². The molecular formula is C19H25N5O4S. The molecule has 3 heterocycles. The van der Waals surface area contributed by atoms with Crippen LogP contribution in [-0.4, -0.2) is 53.6 Å². The van der Waals surface area contributed by atoms with Crippen LogP contribution < -0.4 is 4.90 Å². The summed E-state index contributed by atoms with van der Waals surface area (Å²) in [4.78, 5) is 12.8. The number of benzene rings is 1. The summed E-state index contributed by atoms with van der Waals surface area (Å²) in [6, 6.07) is 6.22. The lowest BCUT2D eigenvalue weighted by molar-refractivity contribution is -0.385. The van der Waals surface area contributed by atoms with Crippen molar-refractivity contribution >= 4 is 21.4 Å². The zero-order valence-electron chi connectivity index (χ0n) is 16.4. The Hall–Kier alpha value is -2.46. The smallest absolute Gasteiger partial charge is 0.270 e. The van der Waals surface area contributed by atoms with Gasteiger partial charge in [-0.05, 0) is 37.8 Å². The van der Waals surface area contributed by atoms with E-state index < -0.39 is 14.9 Å². The third-order valence-electron chi connectivity index (χ3n) is 5.95. The molecule has 0 spiro atoms. The largest absolute Gasteiger partial charge is 0.370 e. The minimum Gasteiger partial charge on any atom is -0.370 e. The second kappa shape index (κ2) is 7.75. The predicted octanol–water partition coefficient (Wildman–Crippen LogP) is 2.50. The quantitative estimate of drug-likeness (QED) is 0.545. The van der Waals surface area contributed by atoms with E-state index in [1.54, 1.807) is 12.3 Å². The van der Waals surface area contributed by atoms with Gasteiger partial charge >= 0.3 is 0 Å². The Morgan fingerprint density at radius 2 is 1.79 bits per heavy atom. The number of piperidine rings is 1. The molecule has 2 fully saturated rings. The molecule has 0 N–H and O–H groups in total. The van der Waals surface area contributed by atoms with Crippen molar-refractivity contribution in [1.29, 1.82) is 0 Å². The van der Waals surface area contributed by atoms with Gasteiger partial charge in [-0.15, -0.1) is 0 Å². The van der Waals surface area contributed by atoms with E-state index in [0.717, 1.165) is 25.7 Å². The predicted molar refractivity (Wildman–Crippen MR) is 108 cm³/mol. The van der Waals surface area contributed by atoms with Crippen LogP contribution in [0.2, 0.25) is 0 Å².